The molecule has 1 amide bonds. The number of benzene rings is 1. The van der Waals surface area contributed by atoms with Crippen molar-refractivity contribution in [1.29, 1.82) is 0 Å². The molecule has 0 radical (unpaired) electrons. The lowest BCUT2D eigenvalue weighted by Crippen LogP contribution is -2.31. The number of nitrogens with one attached hydrogen (secondary N) is 2. The Balaban J connectivity index is 0.00000441. The summed E-state index contributed by atoms with van der Waals surface area (Å²) < 4.78 is 10.8. The fraction of sp³-hybridized carbons (Fsp3) is 0.533. The highest BCUT2D eigenvalue weighted by Gasteiger charge is 2.15. The van der Waals surface area contributed by atoms with Gasteiger partial charge in [0.1, 0.15) is 0 Å². The zero-order valence-electron chi connectivity index (χ0n) is 13.2. The number of rotatable bonds is 9. The summed E-state index contributed by atoms with van der Waals surface area (Å²) in [5.74, 6) is 0.758. The van der Waals surface area contributed by atoms with E-state index in [0.29, 0.717) is 35.2 Å². The monoisotopic (exact) mass is 350 g/mol. The predicted octanol–water partition coefficient (Wildman–Crippen LogP) is 2.90. The molecule has 0 aliphatic rings. The van der Waals surface area contributed by atoms with Crippen molar-refractivity contribution in [2.24, 2.45) is 0 Å². The average molecular weight is 351 g/mol. The maximum atomic E-state index is 12.1. The second kappa shape index (κ2) is 11.4. The third kappa shape index (κ3) is 6.30. The SMILES string of the molecule is CCCOc1c(Cl)cc(C(=O)NCCNCC)cc1OC.Cl. The van der Waals surface area contributed by atoms with Gasteiger partial charge in [0, 0.05) is 18.7 Å². The van der Waals surface area contributed by atoms with Gasteiger partial charge in [-0.3, -0.25) is 4.79 Å². The first-order chi connectivity index (χ1) is 10.1. The van der Waals surface area contributed by atoms with Crippen LogP contribution in [0.2, 0.25) is 5.02 Å². The van der Waals surface area contributed by atoms with E-state index in [4.69, 9.17) is 21.1 Å². The minimum absolute atomic E-state index is 0. The van der Waals surface area contributed by atoms with Crippen LogP contribution in [-0.4, -0.2) is 39.3 Å². The van der Waals surface area contributed by atoms with Gasteiger partial charge < -0.3 is 20.1 Å². The highest BCUT2D eigenvalue weighted by Crippen LogP contribution is 2.36. The molecule has 0 aromatic heterocycles. The molecule has 2 N–H and O–H groups in total. The molecular formula is C15H24Cl2N2O3. The lowest BCUT2D eigenvalue weighted by Gasteiger charge is -2.14. The molecule has 22 heavy (non-hydrogen) atoms. The van der Waals surface area contributed by atoms with Crippen molar-refractivity contribution in [3.63, 3.8) is 0 Å². The normalized spacial score (nSPS) is 9.82. The Labute approximate surface area is 143 Å². The smallest absolute Gasteiger partial charge is 0.251 e. The molecule has 1 aromatic rings. The molecule has 0 fully saturated rings. The minimum atomic E-state index is -0.185. The lowest BCUT2D eigenvalue weighted by molar-refractivity contribution is 0.0953. The summed E-state index contributed by atoms with van der Waals surface area (Å²) in [5, 5.41) is 6.33. The van der Waals surface area contributed by atoms with Crippen LogP contribution >= 0.6 is 24.0 Å². The van der Waals surface area contributed by atoms with Gasteiger partial charge in [-0.2, -0.15) is 0 Å². The fourth-order valence-electron chi connectivity index (χ4n) is 1.74. The maximum absolute atomic E-state index is 12.1. The van der Waals surface area contributed by atoms with Crippen molar-refractivity contribution >= 4 is 29.9 Å². The van der Waals surface area contributed by atoms with E-state index < -0.39 is 0 Å². The zero-order chi connectivity index (χ0) is 15.7. The molecule has 1 rings (SSSR count). The van der Waals surface area contributed by atoms with Crippen molar-refractivity contribution in [2.75, 3.05) is 33.4 Å². The summed E-state index contributed by atoms with van der Waals surface area (Å²) in [6, 6.07) is 3.23. The van der Waals surface area contributed by atoms with E-state index in [2.05, 4.69) is 10.6 Å². The molecule has 0 saturated heterocycles. The minimum Gasteiger partial charge on any atom is -0.493 e. The third-order valence-corrected chi connectivity index (χ3v) is 3.06. The van der Waals surface area contributed by atoms with Crippen molar-refractivity contribution in [2.45, 2.75) is 20.3 Å². The summed E-state index contributed by atoms with van der Waals surface area (Å²) in [7, 11) is 1.53. The molecule has 1 aromatic carbocycles. The van der Waals surface area contributed by atoms with Gasteiger partial charge in [0.15, 0.2) is 11.5 Å². The Kier molecular flexibility index (Phi) is 10.8. The van der Waals surface area contributed by atoms with E-state index in [1.165, 1.54) is 7.11 Å². The molecule has 0 saturated carbocycles. The maximum Gasteiger partial charge on any atom is 0.251 e. The number of halogens is 2. The van der Waals surface area contributed by atoms with Gasteiger partial charge in [-0.1, -0.05) is 25.4 Å². The summed E-state index contributed by atoms with van der Waals surface area (Å²) in [5.41, 5.74) is 0.456. The number of ether oxygens (including phenoxy) is 2. The largest absolute Gasteiger partial charge is 0.493 e. The van der Waals surface area contributed by atoms with Gasteiger partial charge in [0.25, 0.3) is 5.91 Å². The summed E-state index contributed by atoms with van der Waals surface area (Å²) in [6.45, 7) is 6.73. The predicted molar refractivity (Wildman–Crippen MR) is 91.9 cm³/mol. The Morgan fingerprint density at radius 1 is 1.27 bits per heavy atom. The van der Waals surface area contributed by atoms with E-state index in [9.17, 15) is 4.79 Å². The second-order valence-corrected chi connectivity index (χ2v) is 4.85. The first-order valence-corrected chi connectivity index (χ1v) is 7.51. The van der Waals surface area contributed by atoms with Crippen LogP contribution in [0.3, 0.4) is 0 Å². The quantitative estimate of drug-likeness (QED) is 0.672. The molecule has 0 unspecified atom stereocenters. The number of carbonyl (C=O) groups is 1. The Morgan fingerprint density at radius 2 is 2.00 bits per heavy atom. The van der Waals surface area contributed by atoms with Crippen LogP contribution in [0.5, 0.6) is 11.5 Å². The van der Waals surface area contributed by atoms with E-state index >= 15 is 0 Å². The molecule has 0 bridgehead atoms. The average Bonchev–Trinajstić information content (AvgIpc) is 2.49. The second-order valence-electron chi connectivity index (χ2n) is 4.45. The Hall–Kier alpha value is -1.17. The van der Waals surface area contributed by atoms with E-state index in [-0.39, 0.29) is 18.3 Å². The highest BCUT2D eigenvalue weighted by atomic mass is 35.5. The van der Waals surface area contributed by atoms with Crippen LogP contribution < -0.4 is 20.1 Å². The van der Waals surface area contributed by atoms with Crippen molar-refractivity contribution in [3.8, 4) is 11.5 Å². The zero-order valence-corrected chi connectivity index (χ0v) is 14.8. The van der Waals surface area contributed by atoms with Crippen molar-refractivity contribution < 1.29 is 14.3 Å². The fourth-order valence-corrected chi connectivity index (χ4v) is 2.00. The van der Waals surface area contributed by atoms with Gasteiger partial charge in [0.2, 0.25) is 0 Å². The molecule has 126 valence electrons. The molecule has 0 spiro atoms. The number of hydrogen-bond acceptors (Lipinski definition) is 4. The Bertz CT molecular complexity index is 470. The molecular weight excluding hydrogens is 327 g/mol. The first-order valence-electron chi connectivity index (χ1n) is 7.13. The van der Waals surface area contributed by atoms with Gasteiger partial charge >= 0.3 is 0 Å². The molecule has 0 atom stereocenters. The Morgan fingerprint density at radius 3 is 2.59 bits per heavy atom. The number of likely N-dealkylation sites (N-methyl/N-ethyl adjacent to an activating group) is 1. The van der Waals surface area contributed by atoms with Crippen molar-refractivity contribution in [3.05, 3.63) is 22.7 Å². The summed E-state index contributed by atoms with van der Waals surface area (Å²) in [6.07, 6.45) is 0.867. The standard InChI is InChI=1S/C15H23ClN2O3.ClH/c1-4-8-21-14-12(16)9-11(10-13(14)20-3)15(19)18-7-6-17-5-2;/h9-10,17H,4-8H2,1-3H3,(H,18,19);1H. The van der Waals surface area contributed by atoms with E-state index in [1.807, 2.05) is 13.8 Å². The van der Waals surface area contributed by atoms with Gasteiger partial charge in [-0.15, -0.1) is 12.4 Å². The highest BCUT2D eigenvalue weighted by molar-refractivity contribution is 6.32. The van der Waals surface area contributed by atoms with Gasteiger partial charge in [0.05, 0.1) is 18.7 Å². The van der Waals surface area contributed by atoms with E-state index in [0.717, 1.165) is 19.5 Å². The van der Waals surface area contributed by atoms with Crippen LogP contribution in [-0.2, 0) is 0 Å². The molecule has 0 aliphatic heterocycles. The van der Waals surface area contributed by atoms with Crippen LogP contribution in [0.15, 0.2) is 12.1 Å². The van der Waals surface area contributed by atoms with Crippen LogP contribution in [0, 0.1) is 0 Å². The van der Waals surface area contributed by atoms with Crippen LogP contribution in [0.4, 0.5) is 0 Å². The molecule has 0 heterocycles. The number of carbonyl (C=O) groups excluding carboxylic acids is 1. The van der Waals surface area contributed by atoms with Gasteiger partial charge in [-0.05, 0) is 25.1 Å². The van der Waals surface area contributed by atoms with Crippen LogP contribution in [0.1, 0.15) is 30.6 Å². The molecule has 5 nitrogen and oxygen atoms in total. The number of amides is 1. The van der Waals surface area contributed by atoms with E-state index in [1.54, 1.807) is 12.1 Å². The summed E-state index contributed by atoms with van der Waals surface area (Å²) >= 11 is 6.18. The first kappa shape index (κ1) is 20.8. The number of methoxy groups -OCH3 is 1. The van der Waals surface area contributed by atoms with Crippen LogP contribution in [0.25, 0.3) is 0 Å². The third-order valence-electron chi connectivity index (χ3n) is 2.78. The molecule has 7 heteroatoms. The number of hydrogen-bond donors (Lipinski definition) is 2. The molecule has 0 aliphatic carbocycles. The van der Waals surface area contributed by atoms with Crippen molar-refractivity contribution in [1.82, 2.24) is 10.6 Å². The summed E-state index contributed by atoms with van der Waals surface area (Å²) in [4.78, 5) is 12.1. The lowest BCUT2D eigenvalue weighted by atomic mass is 10.2. The topological polar surface area (TPSA) is 59.6 Å². The van der Waals surface area contributed by atoms with Gasteiger partial charge in [-0.25, -0.2) is 0 Å².